The molecule has 0 bridgehead atoms. The number of aliphatic imine (C=N–C) groups is 3. The molecule has 0 saturated heterocycles. The van der Waals surface area contributed by atoms with E-state index in [2.05, 4.69) is 32.2 Å². The Hall–Kier alpha value is -3.79. The molecule has 41 heavy (non-hydrogen) atoms. The molecule has 0 radical (unpaired) electrons. The molecule has 0 aromatic carbocycles. The third-order valence-electron chi connectivity index (χ3n) is 4.06. The maximum atomic E-state index is 10.3. The molecule has 0 aliphatic heterocycles. The zero-order chi connectivity index (χ0) is 33.2. The van der Waals surface area contributed by atoms with Crippen LogP contribution in [0.3, 0.4) is 0 Å². The minimum absolute atomic E-state index is 0.0333. The van der Waals surface area contributed by atoms with E-state index in [-0.39, 0.29) is 17.9 Å². The van der Waals surface area contributed by atoms with E-state index in [1.165, 1.54) is 0 Å². The number of hydrogen-bond donors (Lipinski definition) is 12. The number of guanidine groups is 3. The van der Waals surface area contributed by atoms with Crippen molar-refractivity contribution in [3.05, 3.63) is 0 Å². The first kappa shape index (κ1) is 44.2. The van der Waals surface area contributed by atoms with Gasteiger partial charge in [-0.2, -0.15) is 7.82 Å². The zero-order valence-corrected chi connectivity index (χ0v) is 23.6. The molecule has 22 nitrogen and oxygen atoms in total. The summed E-state index contributed by atoms with van der Waals surface area (Å²) in [6.45, 7) is 1.38. The first-order valence-electron chi connectivity index (χ1n) is 11.7. The molecule has 0 unspecified atom stereocenters. The quantitative estimate of drug-likeness (QED) is 0.0350. The van der Waals surface area contributed by atoms with Gasteiger partial charge in [-0.25, -0.2) is 14.4 Å². The van der Waals surface area contributed by atoms with Gasteiger partial charge >= 0.3 is 17.9 Å². The highest BCUT2D eigenvalue weighted by atomic mass is 31.2. The average Bonchev–Trinajstić information content (AvgIpc) is 2.81. The summed E-state index contributed by atoms with van der Waals surface area (Å²) in [4.78, 5) is 67.6. The van der Waals surface area contributed by atoms with Gasteiger partial charge in [0.05, 0.1) is 0 Å². The number of carbonyl (C=O) groups is 3. The van der Waals surface area contributed by atoms with Gasteiger partial charge in [-0.3, -0.25) is 15.0 Å². The number of carboxylic acid groups (broad SMARTS) is 3. The summed E-state index contributed by atoms with van der Waals surface area (Å²) in [5.41, 5.74) is 40.7. The van der Waals surface area contributed by atoms with Crippen LogP contribution < -0.4 is 66.3 Å². The van der Waals surface area contributed by atoms with Crippen molar-refractivity contribution in [2.45, 2.75) is 56.7 Å². The SMILES string of the molecule is NC(N)=NCCC[C@H]([NH3+])C(=O)O.NC(N)=NCCC[C@H]([NH3+])C(=O)O.NC(N)=NCCC[C@H]([NH3+])C(=O)O.O=P([O-])([O-])[O-]. The van der Waals surface area contributed by atoms with E-state index in [4.69, 9.17) is 69.0 Å². The molecular weight excluding hydrogens is 575 g/mol. The first-order valence-corrected chi connectivity index (χ1v) is 13.1. The molecular formula is C18H45N12O10P. The third-order valence-corrected chi connectivity index (χ3v) is 4.06. The summed E-state index contributed by atoms with van der Waals surface area (Å²) >= 11 is 0. The monoisotopic (exact) mass is 620 g/mol. The molecule has 0 heterocycles. The Morgan fingerprint density at radius 2 is 0.756 bits per heavy atom. The fourth-order valence-electron chi connectivity index (χ4n) is 2.01. The van der Waals surface area contributed by atoms with Crippen molar-refractivity contribution in [1.29, 1.82) is 0 Å². The van der Waals surface area contributed by atoms with Crippen LogP contribution in [0.5, 0.6) is 0 Å². The van der Waals surface area contributed by atoms with Crippen LogP contribution in [-0.4, -0.2) is 88.9 Å². The molecule has 0 aliphatic rings. The Kier molecular flexibility index (Phi) is 28.5. The lowest BCUT2D eigenvalue weighted by Crippen LogP contribution is -2.64. The van der Waals surface area contributed by atoms with Gasteiger partial charge in [0.2, 0.25) is 0 Å². The lowest BCUT2D eigenvalue weighted by Gasteiger charge is -2.36. The van der Waals surface area contributed by atoms with E-state index < -0.39 is 43.9 Å². The highest BCUT2D eigenvalue weighted by Crippen LogP contribution is 2.03. The molecule has 242 valence electrons. The molecule has 23 heteroatoms. The van der Waals surface area contributed by atoms with Crippen LogP contribution in [0.2, 0.25) is 0 Å². The summed E-state index contributed by atoms with van der Waals surface area (Å²) in [7, 11) is -5.39. The Morgan fingerprint density at radius 3 is 0.878 bits per heavy atom. The van der Waals surface area contributed by atoms with Gasteiger partial charge in [-0.05, 0) is 19.3 Å². The fraction of sp³-hybridized carbons (Fsp3) is 0.667. The maximum absolute atomic E-state index is 10.3. The maximum Gasteiger partial charge on any atom is 0.362 e. The van der Waals surface area contributed by atoms with Crippen molar-refractivity contribution >= 4 is 43.6 Å². The molecule has 0 aromatic rings. The predicted octanol–water partition coefficient (Wildman–Crippen LogP) is -9.62. The van der Waals surface area contributed by atoms with E-state index in [0.29, 0.717) is 58.2 Å². The highest BCUT2D eigenvalue weighted by Gasteiger charge is 2.15. The fourth-order valence-corrected chi connectivity index (χ4v) is 2.01. The number of rotatable bonds is 15. The average molecular weight is 621 g/mol. The lowest BCUT2D eigenvalue weighted by atomic mass is 10.2. The predicted molar refractivity (Wildman–Crippen MR) is 140 cm³/mol. The Labute approximate surface area is 236 Å². The van der Waals surface area contributed by atoms with Crippen LogP contribution in [0.15, 0.2) is 15.0 Å². The Morgan fingerprint density at radius 1 is 0.585 bits per heavy atom. The van der Waals surface area contributed by atoms with Gasteiger partial charge in [-0.1, -0.05) is 0 Å². The van der Waals surface area contributed by atoms with Gasteiger partial charge in [0.1, 0.15) is 0 Å². The summed E-state index contributed by atoms with van der Waals surface area (Å²) in [5.74, 6) is -2.57. The molecule has 0 aliphatic carbocycles. The summed E-state index contributed by atoms with van der Waals surface area (Å²) < 4.78 is 8.55. The van der Waals surface area contributed by atoms with Gasteiger partial charge in [-0.15, -0.1) is 0 Å². The number of nitrogens with zero attached hydrogens (tertiary/aromatic N) is 3. The minimum Gasteiger partial charge on any atom is -0.822 e. The number of aliphatic carboxylic acids is 3. The molecule has 24 N–H and O–H groups in total. The second kappa shape index (κ2) is 26.4. The standard InChI is InChI=1S/3C6H14N4O2.H3O4P/c3*7-4(5(11)12)2-1-3-10-6(8)9;1-5(2,3)4/h3*4H,1-3,7H2,(H,11,12)(H4,8,9,10);(H3,1,2,3,4)/t3*4-;/m000./s1. The summed E-state index contributed by atoms with van der Waals surface area (Å²) in [5, 5.41) is 25.3. The minimum atomic E-state index is -5.39. The number of carboxylic acids is 3. The number of quaternary nitrogens is 3. The zero-order valence-electron chi connectivity index (χ0n) is 22.7. The van der Waals surface area contributed by atoms with Crippen molar-refractivity contribution in [2.75, 3.05) is 19.6 Å². The van der Waals surface area contributed by atoms with Gasteiger partial charge in [0, 0.05) is 38.9 Å². The van der Waals surface area contributed by atoms with Crippen LogP contribution in [0, 0.1) is 0 Å². The number of nitrogens with two attached hydrogens (primary N) is 6. The normalized spacial score (nSPS) is 12.0. The molecule has 0 spiro atoms. The van der Waals surface area contributed by atoms with Crippen molar-refractivity contribution in [3.8, 4) is 0 Å². The smallest absolute Gasteiger partial charge is 0.362 e. The van der Waals surface area contributed by atoms with Gasteiger partial charge in [0.15, 0.2) is 36.0 Å². The van der Waals surface area contributed by atoms with Gasteiger partial charge in [0.25, 0.3) is 0 Å². The van der Waals surface area contributed by atoms with E-state index in [1.807, 2.05) is 0 Å². The molecule has 0 aromatic heterocycles. The van der Waals surface area contributed by atoms with E-state index in [0.717, 1.165) is 0 Å². The molecule has 0 rings (SSSR count). The third kappa shape index (κ3) is 49.7. The van der Waals surface area contributed by atoms with Crippen molar-refractivity contribution in [3.63, 3.8) is 0 Å². The topological polar surface area (TPSA) is 474 Å². The van der Waals surface area contributed by atoms with Gasteiger partial charge < -0.3 is 86.2 Å². The summed E-state index contributed by atoms with van der Waals surface area (Å²) in [6.07, 6.45) is 3.39. The number of hydrogen-bond acceptors (Lipinski definition) is 10. The van der Waals surface area contributed by atoms with Crippen LogP contribution in [0.25, 0.3) is 0 Å². The second-order valence-corrected chi connectivity index (χ2v) is 8.79. The number of phosphoric acid groups is 1. The molecule has 3 atom stereocenters. The largest absolute Gasteiger partial charge is 0.822 e. The van der Waals surface area contributed by atoms with E-state index in [9.17, 15) is 14.4 Å². The van der Waals surface area contributed by atoms with Crippen LogP contribution in [0.1, 0.15) is 38.5 Å². The van der Waals surface area contributed by atoms with Crippen molar-refractivity contribution in [1.82, 2.24) is 0 Å². The molecule has 0 saturated carbocycles. The second-order valence-electron chi connectivity index (χ2n) is 7.90. The van der Waals surface area contributed by atoms with Crippen molar-refractivity contribution < 1.29 is 66.1 Å². The Balaban J connectivity index is -0.000000231. The molecule has 0 amide bonds. The lowest BCUT2D eigenvalue weighted by molar-refractivity contribution is -0.432. The highest BCUT2D eigenvalue weighted by molar-refractivity contribution is 7.40. The van der Waals surface area contributed by atoms with Crippen LogP contribution in [0.4, 0.5) is 0 Å². The summed E-state index contributed by atoms with van der Waals surface area (Å²) in [6, 6.07) is -1.71. The van der Waals surface area contributed by atoms with E-state index >= 15 is 0 Å². The first-order chi connectivity index (χ1) is 18.6. The van der Waals surface area contributed by atoms with Crippen LogP contribution >= 0.6 is 7.82 Å². The Bertz CT molecular complexity index is 769. The van der Waals surface area contributed by atoms with Crippen LogP contribution in [-0.2, 0) is 18.9 Å². The molecule has 0 fully saturated rings. The van der Waals surface area contributed by atoms with Crippen molar-refractivity contribution in [2.24, 2.45) is 49.4 Å². The van der Waals surface area contributed by atoms with E-state index in [1.54, 1.807) is 0 Å².